The van der Waals surface area contributed by atoms with Crippen LogP contribution in [0.4, 0.5) is 30.7 Å². The Morgan fingerprint density at radius 3 is 1.54 bits per heavy atom. The summed E-state index contributed by atoms with van der Waals surface area (Å²) in [6, 6.07) is 4.57. The zero-order valence-corrected chi connectivity index (χ0v) is 18.5. The van der Waals surface area contributed by atoms with Gasteiger partial charge in [-0.3, -0.25) is 0 Å². The Balaban J connectivity index is 1.91. The van der Waals surface area contributed by atoms with Gasteiger partial charge in [0, 0.05) is 6.07 Å². The normalized spacial score (nSPS) is 11.7. The van der Waals surface area contributed by atoms with Crippen LogP contribution < -0.4 is 0 Å². The largest absolute Gasteiger partial charge is 0.247 e. The second kappa shape index (κ2) is 8.88. The molecule has 0 saturated heterocycles. The van der Waals surface area contributed by atoms with Crippen molar-refractivity contribution in [1.29, 1.82) is 0 Å². The molecule has 0 bridgehead atoms. The number of hydrogen-bond acceptors (Lipinski definition) is 4. The number of aromatic nitrogens is 4. The summed E-state index contributed by atoms with van der Waals surface area (Å²) in [6.45, 7) is 2.71. The average Bonchev–Trinajstić information content (AvgIpc) is 2.75. The third-order valence-corrected chi connectivity index (χ3v) is 5.47. The summed E-state index contributed by atoms with van der Waals surface area (Å²) < 4.78 is 98.9. The van der Waals surface area contributed by atoms with Gasteiger partial charge in [-0.05, 0) is 44.2 Å². The maximum Gasteiger partial charge on any atom is 0.225 e. The number of hydrogen-bond donors (Lipinski definition) is 0. The molecule has 35 heavy (non-hydrogen) atoms. The smallest absolute Gasteiger partial charge is 0.225 e. The fourth-order valence-electron chi connectivity index (χ4n) is 3.48. The van der Waals surface area contributed by atoms with Gasteiger partial charge < -0.3 is 0 Å². The molecule has 4 nitrogen and oxygen atoms in total. The molecule has 0 amide bonds. The molecule has 0 saturated carbocycles. The lowest BCUT2D eigenvalue weighted by Crippen LogP contribution is -2.26. The predicted molar refractivity (Wildman–Crippen MR) is 112 cm³/mol. The molecule has 4 aromatic rings. The molecule has 0 aromatic carbocycles. The van der Waals surface area contributed by atoms with Gasteiger partial charge in [0.15, 0.2) is 11.6 Å². The highest BCUT2D eigenvalue weighted by atomic mass is 35.5. The fourth-order valence-corrected chi connectivity index (χ4v) is 3.85. The first-order valence-electron chi connectivity index (χ1n) is 9.78. The molecule has 0 aliphatic heterocycles. The average molecular weight is 513 g/mol. The second-order valence-corrected chi connectivity index (χ2v) is 8.28. The Kier molecular flexibility index (Phi) is 6.22. The van der Waals surface area contributed by atoms with E-state index in [2.05, 4.69) is 19.9 Å². The number of nitrogens with zero attached hydrogens (tertiary/aromatic N) is 4. The highest BCUT2D eigenvalue weighted by Crippen LogP contribution is 2.39. The van der Waals surface area contributed by atoms with Crippen molar-refractivity contribution in [1.82, 2.24) is 19.9 Å². The lowest BCUT2D eigenvalue weighted by Gasteiger charge is -2.26. The van der Waals surface area contributed by atoms with Crippen molar-refractivity contribution in [3.63, 3.8) is 0 Å². The van der Waals surface area contributed by atoms with E-state index in [1.165, 1.54) is 13.8 Å². The van der Waals surface area contributed by atoms with E-state index in [0.29, 0.717) is 6.07 Å². The first-order chi connectivity index (χ1) is 16.4. The summed E-state index contributed by atoms with van der Waals surface area (Å²) in [5.74, 6) is -8.55. The van der Waals surface area contributed by atoms with E-state index in [1.807, 2.05) is 0 Å². The first-order valence-corrected chi connectivity index (χ1v) is 10.2. The van der Waals surface area contributed by atoms with Gasteiger partial charge in [-0.1, -0.05) is 11.6 Å². The molecule has 12 heteroatoms. The van der Waals surface area contributed by atoms with Crippen LogP contribution in [0.2, 0.25) is 5.02 Å². The first kappa shape index (κ1) is 24.5. The number of halogens is 8. The molecule has 0 fully saturated rings. The third kappa shape index (κ3) is 4.43. The van der Waals surface area contributed by atoms with Crippen LogP contribution in [0.1, 0.15) is 25.2 Å². The van der Waals surface area contributed by atoms with Gasteiger partial charge >= 0.3 is 0 Å². The van der Waals surface area contributed by atoms with E-state index in [9.17, 15) is 30.7 Å². The van der Waals surface area contributed by atoms with Gasteiger partial charge in [0.1, 0.15) is 17.2 Å². The van der Waals surface area contributed by atoms with Crippen LogP contribution in [0.15, 0.2) is 36.4 Å². The van der Waals surface area contributed by atoms with E-state index in [1.54, 1.807) is 0 Å². The van der Waals surface area contributed by atoms with Crippen LogP contribution >= 0.6 is 11.6 Å². The molecule has 0 spiro atoms. The zero-order valence-electron chi connectivity index (χ0n) is 17.8. The molecule has 4 heterocycles. The Labute approximate surface area is 198 Å². The van der Waals surface area contributed by atoms with Crippen LogP contribution in [0.5, 0.6) is 0 Å². The summed E-state index contributed by atoms with van der Waals surface area (Å²) in [6.07, 6.45) is 0. The van der Waals surface area contributed by atoms with E-state index in [4.69, 9.17) is 11.6 Å². The van der Waals surface area contributed by atoms with Crippen LogP contribution in [0.25, 0.3) is 22.5 Å². The quantitative estimate of drug-likeness (QED) is 0.230. The lowest BCUT2D eigenvalue weighted by molar-refractivity contribution is 0.497. The van der Waals surface area contributed by atoms with Crippen molar-refractivity contribution >= 4 is 11.6 Å². The fraction of sp³-hybridized carbons (Fsp3) is 0.130. The van der Waals surface area contributed by atoms with Crippen LogP contribution in [-0.2, 0) is 5.41 Å². The van der Waals surface area contributed by atoms with Gasteiger partial charge in [-0.2, -0.15) is 27.5 Å². The van der Waals surface area contributed by atoms with Crippen LogP contribution in [-0.4, -0.2) is 19.9 Å². The van der Waals surface area contributed by atoms with Crippen LogP contribution in [0, 0.1) is 41.2 Å². The van der Waals surface area contributed by atoms with Crippen molar-refractivity contribution < 1.29 is 30.7 Å². The summed E-state index contributed by atoms with van der Waals surface area (Å²) in [4.78, 5) is 13.9. The van der Waals surface area contributed by atoms with Gasteiger partial charge in [-0.15, -0.1) is 0 Å². The molecule has 0 aliphatic carbocycles. The number of pyridine rings is 4. The molecule has 4 aromatic heterocycles. The minimum atomic E-state index is -1.63. The Hall–Kier alpha value is -3.60. The predicted octanol–water partition coefficient (Wildman–Crippen LogP) is 6.55. The maximum atomic E-state index is 14.9. The van der Waals surface area contributed by atoms with Gasteiger partial charge in [0.2, 0.25) is 23.8 Å². The monoisotopic (exact) mass is 512 g/mol. The molecule has 0 unspecified atom stereocenters. The Morgan fingerprint density at radius 2 is 1.06 bits per heavy atom. The molecular formula is C23H12ClF7N4. The summed E-state index contributed by atoms with van der Waals surface area (Å²) in [5.41, 5.74) is -4.63. The van der Waals surface area contributed by atoms with E-state index in [0.717, 1.165) is 30.3 Å². The van der Waals surface area contributed by atoms with Gasteiger partial charge in [-0.25, -0.2) is 23.1 Å². The second-order valence-electron chi connectivity index (χ2n) is 7.87. The van der Waals surface area contributed by atoms with Crippen molar-refractivity contribution in [3.8, 4) is 22.5 Å². The molecule has 180 valence electrons. The van der Waals surface area contributed by atoms with Crippen LogP contribution in [0.3, 0.4) is 0 Å². The van der Waals surface area contributed by atoms with Crippen molar-refractivity contribution in [2.75, 3.05) is 0 Å². The summed E-state index contributed by atoms with van der Waals surface area (Å²) >= 11 is 6.16. The van der Waals surface area contributed by atoms with Crippen molar-refractivity contribution in [3.05, 3.63) is 94.1 Å². The molecule has 0 N–H and O–H groups in total. The van der Waals surface area contributed by atoms with Crippen molar-refractivity contribution in [2.24, 2.45) is 0 Å². The topological polar surface area (TPSA) is 51.6 Å². The molecule has 4 rings (SSSR count). The highest BCUT2D eigenvalue weighted by molar-refractivity contribution is 6.31. The summed E-state index contributed by atoms with van der Waals surface area (Å²) in [5, 5.41) is -0.312. The molecule has 0 radical (unpaired) electrons. The molecule has 0 aliphatic rings. The maximum absolute atomic E-state index is 14.9. The minimum absolute atomic E-state index is 0.207. The number of rotatable bonds is 4. The van der Waals surface area contributed by atoms with Gasteiger partial charge in [0.05, 0.1) is 33.0 Å². The third-order valence-electron chi connectivity index (χ3n) is 5.18. The Bertz CT molecular complexity index is 1370. The lowest BCUT2D eigenvalue weighted by atomic mass is 9.83. The van der Waals surface area contributed by atoms with Gasteiger partial charge in [0.25, 0.3) is 0 Å². The van der Waals surface area contributed by atoms with E-state index < -0.39 is 74.9 Å². The molecule has 0 atom stereocenters. The molecular weight excluding hydrogens is 501 g/mol. The SMILES string of the molecule is CC(C)(c1nc(-c2ccc(F)nc2F)c(F)cc1F)c1nc(-c2ccc(F)nc2F)c(F)cc1Cl. The standard InChI is InChI=1S/C23H12ClF7N4/c1-23(2,19-11(24)7-12(25)17(34-19)9-3-5-15(28)32-21(9)30)20-14(27)8-13(26)18(35-20)10-4-6-16(29)33-22(10)31/h3-8H,1-2H3. The van der Waals surface area contributed by atoms with Crippen molar-refractivity contribution in [2.45, 2.75) is 19.3 Å². The van der Waals surface area contributed by atoms with E-state index >= 15 is 0 Å². The minimum Gasteiger partial charge on any atom is -0.247 e. The van der Waals surface area contributed by atoms with E-state index in [-0.39, 0.29) is 10.7 Å². The Morgan fingerprint density at radius 1 is 0.600 bits per heavy atom. The highest BCUT2D eigenvalue weighted by Gasteiger charge is 2.35. The summed E-state index contributed by atoms with van der Waals surface area (Å²) in [7, 11) is 0. The zero-order chi connectivity index (χ0) is 25.7.